The maximum absolute atomic E-state index is 5.81. The molecule has 1 aromatic rings. The Balaban J connectivity index is 0.00000364. The minimum absolute atomic E-state index is 0. The molecule has 7 heteroatoms. The first-order valence-corrected chi connectivity index (χ1v) is 10.1. The average molecular weight is 493 g/mol. The minimum atomic E-state index is 0. The van der Waals surface area contributed by atoms with Gasteiger partial charge in [0.1, 0.15) is 5.76 Å². The lowest BCUT2D eigenvalue weighted by Crippen LogP contribution is -2.39. The highest BCUT2D eigenvalue weighted by Crippen LogP contribution is 2.14. The van der Waals surface area contributed by atoms with Crippen LogP contribution in [0.2, 0.25) is 0 Å². The second-order valence-corrected chi connectivity index (χ2v) is 6.75. The Morgan fingerprint density at radius 2 is 2.04 bits per heavy atom. The standard InChI is InChI=1S/C20H35N3O3.HI/c1-2-3-10-21-20(23-12-7-19-6-4-14-26-19)22-11-5-13-25-17-18-8-15-24-16-9-18;/h4,6,14,18H,2-3,5,7-13,15-17H2,1H3,(H2,21,22,23);1H. The molecule has 0 radical (unpaired) electrons. The van der Waals surface area contributed by atoms with Crippen LogP contribution in [0.4, 0.5) is 0 Å². The number of aliphatic imine (C=N–C) groups is 1. The number of halogens is 1. The third-order valence-electron chi connectivity index (χ3n) is 4.48. The summed E-state index contributed by atoms with van der Waals surface area (Å²) < 4.78 is 16.5. The summed E-state index contributed by atoms with van der Waals surface area (Å²) in [5.41, 5.74) is 0. The monoisotopic (exact) mass is 493 g/mol. The molecular weight excluding hydrogens is 457 g/mol. The van der Waals surface area contributed by atoms with E-state index < -0.39 is 0 Å². The highest BCUT2D eigenvalue weighted by atomic mass is 127. The molecule has 6 nitrogen and oxygen atoms in total. The molecule has 1 saturated heterocycles. The van der Waals surface area contributed by atoms with Gasteiger partial charge in [-0.3, -0.25) is 4.99 Å². The SMILES string of the molecule is CCCCNC(=NCCCOCC1CCOCC1)NCCc1ccco1.I. The molecule has 2 heterocycles. The molecule has 0 bridgehead atoms. The molecule has 1 aliphatic rings. The van der Waals surface area contributed by atoms with Crippen molar-refractivity contribution in [3.8, 4) is 0 Å². The van der Waals surface area contributed by atoms with E-state index in [0.29, 0.717) is 5.92 Å². The number of unbranched alkanes of at least 4 members (excludes halogenated alkanes) is 1. The first kappa shape index (κ1) is 24.2. The number of ether oxygens (including phenoxy) is 2. The third kappa shape index (κ3) is 11.6. The molecule has 2 rings (SSSR count). The number of rotatable bonds is 12. The fourth-order valence-corrected chi connectivity index (χ4v) is 2.84. The van der Waals surface area contributed by atoms with E-state index in [2.05, 4.69) is 22.5 Å². The minimum Gasteiger partial charge on any atom is -0.469 e. The molecular formula is C20H36IN3O3. The number of furan rings is 1. The van der Waals surface area contributed by atoms with Gasteiger partial charge in [0.05, 0.1) is 6.26 Å². The molecule has 1 fully saturated rings. The lowest BCUT2D eigenvalue weighted by Gasteiger charge is -2.21. The Hall–Kier alpha value is -0.800. The van der Waals surface area contributed by atoms with Gasteiger partial charge in [-0.2, -0.15) is 0 Å². The molecule has 0 unspecified atom stereocenters. The maximum atomic E-state index is 5.81. The number of nitrogens with zero attached hydrogens (tertiary/aromatic N) is 1. The summed E-state index contributed by atoms with van der Waals surface area (Å²) >= 11 is 0. The van der Waals surface area contributed by atoms with E-state index >= 15 is 0 Å². The van der Waals surface area contributed by atoms with Gasteiger partial charge in [-0.1, -0.05) is 13.3 Å². The van der Waals surface area contributed by atoms with Crippen molar-refractivity contribution in [3.63, 3.8) is 0 Å². The summed E-state index contributed by atoms with van der Waals surface area (Å²) in [6, 6.07) is 3.92. The van der Waals surface area contributed by atoms with Crippen LogP contribution in [0.25, 0.3) is 0 Å². The Labute approximate surface area is 180 Å². The Kier molecular flexibility index (Phi) is 14.5. The lowest BCUT2D eigenvalue weighted by atomic mass is 10.0. The van der Waals surface area contributed by atoms with Crippen LogP contribution in [0.1, 0.15) is 44.8 Å². The second-order valence-electron chi connectivity index (χ2n) is 6.75. The number of guanidine groups is 1. The van der Waals surface area contributed by atoms with E-state index in [-0.39, 0.29) is 24.0 Å². The van der Waals surface area contributed by atoms with E-state index in [0.717, 1.165) is 89.9 Å². The summed E-state index contributed by atoms with van der Waals surface area (Å²) in [6.45, 7) is 8.12. The van der Waals surface area contributed by atoms with E-state index in [1.54, 1.807) is 6.26 Å². The number of hydrogen-bond acceptors (Lipinski definition) is 4. The molecule has 1 aliphatic heterocycles. The predicted molar refractivity (Wildman–Crippen MR) is 120 cm³/mol. The van der Waals surface area contributed by atoms with Crippen molar-refractivity contribution in [3.05, 3.63) is 24.2 Å². The molecule has 0 aliphatic carbocycles. The van der Waals surface area contributed by atoms with Crippen LogP contribution in [-0.4, -0.2) is 52.0 Å². The summed E-state index contributed by atoms with van der Waals surface area (Å²) in [6.07, 6.45) is 8.09. The van der Waals surface area contributed by atoms with Crippen molar-refractivity contribution in [2.45, 2.75) is 45.4 Å². The summed E-state index contributed by atoms with van der Waals surface area (Å²) in [5.74, 6) is 2.54. The fraction of sp³-hybridized carbons (Fsp3) is 0.750. The van der Waals surface area contributed by atoms with Crippen LogP contribution in [0.15, 0.2) is 27.8 Å². The van der Waals surface area contributed by atoms with Crippen molar-refractivity contribution < 1.29 is 13.9 Å². The van der Waals surface area contributed by atoms with Gasteiger partial charge in [0.15, 0.2) is 5.96 Å². The van der Waals surface area contributed by atoms with Gasteiger partial charge in [0.25, 0.3) is 0 Å². The Morgan fingerprint density at radius 3 is 2.78 bits per heavy atom. The number of nitrogens with one attached hydrogen (secondary N) is 2. The molecule has 0 spiro atoms. The van der Waals surface area contributed by atoms with Crippen LogP contribution in [0.3, 0.4) is 0 Å². The van der Waals surface area contributed by atoms with Crippen molar-refractivity contribution in [2.75, 3.05) is 46.1 Å². The second kappa shape index (κ2) is 16.2. The van der Waals surface area contributed by atoms with Crippen molar-refractivity contribution in [1.82, 2.24) is 10.6 Å². The van der Waals surface area contributed by atoms with Gasteiger partial charge >= 0.3 is 0 Å². The van der Waals surface area contributed by atoms with Crippen LogP contribution in [0.5, 0.6) is 0 Å². The van der Waals surface area contributed by atoms with Crippen LogP contribution < -0.4 is 10.6 Å². The van der Waals surface area contributed by atoms with Crippen molar-refractivity contribution in [2.24, 2.45) is 10.9 Å². The van der Waals surface area contributed by atoms with E-state index in [1.165, 1.54) is 6.42 Å². The van der Waals surface area contributed by atoms with E-state index in [1.807, 2.05) is 12.1 Å². The zero-order valence-electron chi connectivity index (χ0n) is 16.6. The first-order chi connectivity index (χ1) is 12.9. The van der Waals surface area contributed by atoms with Gasteiger partial charge in [-0.15, -0.1) is 24.0 Å². The van der Waals surface area contributed by atoms with Gasteiger partial charge in [0, 0.05) is 52.5 Å². The van der Waals surface area contributed by atoms with Crippen LogP contribution in [-0.2, 0) is 15.9 Å². The van der Waals surface area contributed by atoms with E-state index in [4.69, 9.17) is 13.9 Å². The zero-order valence-corrected chi connectivity index (χ0v) is 18.9. The van der Waals surface area contributed by atoms with E-state index in [9.17, 15) is 0 Å². The summed E-state index contributed by atoms with van der Waals surface area (Å²) in [5, 5.41) is 6.78. The molecule has 0 amide bonds. The van der Waals surface area contributed by atoms with Crippen molar-refractivity contribution >= 4 is 29.9 Å². The normalized spacial score (nSPS) is 15.4. The number of hydrogen-bond donors (Lipinski definition) is 2. The summed E-state index contributed by atoms with van der Waals surface area (Å²) in [7, 11) is 0. The fourth-order valence-electron chi connectivity index (χ4n) is 2.84. The van der Waals surface area contributed by atoms with Crippen LogP contribution >= 0.6 is 24.0 Å². The highest BCUT2D eigenvalue weighted by molar-refractivity contribution is 14.0. The molecule has 156 valence electrons. The Morgan fingerprint density at radius 1 is 1.22 bits per heavy atom. The largest absolute Gasteiger partial charge is 0.469 e. The topological polar surface area (TPSA) is 68.0 Å². The first-order valence-electron chi connectivity index (χ1n) is 10.1. The van der Waals surface area contributed by atoms with Crippen molar-refractivity contribution in [1.29, 1.82) is 0 Å². The molecule has 0 atom stereocenters. The smallest absolute Gasteiger partial charge is 0.191 e. The molecule has 0 aromatic carbocycles. The van der Waals surface area contributed by atoms with Crippen LogP contribution in [0, 0.1) is 5.92 Å². The third-order valence-corrected chi connectivity index (χ3v) is 4.48. The highest BCUT2D eigenvalue weighted by Gasteiger charge is 2.13. The lowest BCUT2D eigenvalue weighted by molar-refractivity contribution is 0.0205. The molecule has 0 saturated carbocycles. The summed E-state index contributed by atoms with van der Waals surface area (Å²) in [4.78, 5) is 4.66. The quantitative estimate of drug-likeness (QED) is 0.202. The predicted octanol–water partition coefficient (Wildman–Crippen LogP) is 3.61. The Bertz CT molecular complexity index is 477. The average Bonchev–Trinajstić information content (AvgIpc) is 3.18. The molecule has 2 N–H and O–H groups in total. The van der Waals surface area contributed by atoms with Gasteiger partial charge in [0.2, 0.25) is 0 Å². The molecule has 1 aromatic heterocycles. The molecule has 27 heavy (non-hydrogen) atoms. The maximum Gasteiger partial charge on any atom is 0.191 e. The van der Waals surface area contributed by atoms with Gasteiger partial charge < -0.3 is 24.5 Å². The van der Waals surface area contributed by atoms with Gasteiger partial charge in [-0.05, 0) is 43.7 Å². The van der Waals surface area contributed by atoms with Gasteiger partial charge in [-0.25, -0.2) is 0 Å². The zero-order chi connectivity index (χ0) is 18.3.